The molecule has 2 heterocycles. The van der Waals surface area contributed by atoms with Crippen molar-refractivity contribution in [2.45, 2.75) is 6.61 Å². The molecule has 0 bridgehead atoms. The topological polar surface area (TPSA) is 226 Å². The first-order valence-electron chi connectivity index (χ1n) is 11.4. The number of benzene rings is 2. The van der Waals surface area contributed by atoms with Crippen LogP contribution in [0.1, 0.15) is 26.3 Å². The summed E-state index contributed by atoms with van der Waals surface area (Å²) in [5, 5.41) is 14.6. The molecule has 0 saturated carbocycles. The number of hydrogen-bond donors (Lipinski definition) is 7. The van der Waals surface area contributed by atoms with Gasteiger partial charge in [0.15, 0.2) is 0 Å². The Bertz CT molecular complexity index is 1550. The fourth-order valence-electron chi connectivity index (χ4n) is 3.42. The number of ether oxygens (including phenoxy) is 1. The number of urea groups is 2. The Kier molecular flexibility index (Phi) is 9.81. The van der Waals surface area contributed by atoms with Crippen LogP contribution >= 0.6 is 22.7 Å². The summed E-state index contributed by atoms with van der Waals surface area (Å²) >= 11 is 2.42. The average molecular weight is 583 g/mol. The number of carbonyl (C=O) groups excluding carboxylic acids is 4. The molecule has 4 aromatic rings. The number of amides is 6. The SMILES string of the molecule is COc1ccc(-c2cc(C(N)=O)c(NC(N)=O)s2)cc1.NC(=O)Nc1sc(-c2cccc(CO)c2)cc1C(N)=O. The van der Waals surface area contributed by atoms with Crippen molar-refractivity contribution in [3.63, 3.8) is 0 Å². The average Bonchev–Trinajstić information content (AvgIpc) is 3.53. The van der Waals surface area contributed by atoms with Gasteiger partial charge >= 0.3 is 12.1 Å². The van der Waals surface area contributed by atoms with Gasteiger partial charge in [0.1, 0.15) is 15.8 Å². The molecule has 0 aliphatic heterocycles. The summed E-state index contributed by atoms with van der Waals surface area (Å²) in [7, 11) is 1.58. The van der Waals surface area contributed by atoms with E-state index in [-0.39, 0.29) is 17.7 Å². The van der Waals surface area contributed by atoms with E-state index in [1.165, 1.54) is 22.7 Å². The maximum atomic E-state index is 11.4. The monoisotopic (exact) mass is 582 g/mol. The standard InChI is InChI=1S/2C13H13N3O3S/c1-19-8-4-2-7(3-5-8)10-6-9(11(14)17)12(20-10)16-13(15)18;14-11(18)9-5-10(20-12(9)16-13(15)19)8-3-1-2-7(4-8)6-17/h2-6H,1H3,(H2,14,17)(H3,15,16,18);1-5,17H,6H2,(H2,14,18)(H3,15,16,19). The first kappa shape index (κ1) is 29.6. The molecule has 11 N–H and O–H groups in total. The molecule has 0 atom stereocenters. The van der Waals surface area contributed by atoms with Crippen molar-refractivity contribution >= 4 is 56.6 Å². The summed E-state index contributed by atoms with van der Waals surface area (Å²) in [6.07, 6.45) is 0. The van der Waals surface area contributed by atoms with E-state index in [9.17, 15) is 19.2 Å². The number of anilines is 2. The molecule has 40 heavy (non-hydrogen) atoms. The molecule has 0 spiro atoms. The Hall–Kier alpha value is -4.92. The lowest BCUT2D eigenvalue weighted by molar-refractivity contribution is 0.0993. The number of carbonyl (C=O) groups is 4. The summed E-state index contributed by atoms with van der Waals surface area (Å²) < 4.78 is 5.08. The highest BCUT2D eigenvalue weighted by Crippen LogP contribution is 2.36. The Labute approximate surface area is 236 Å². The molecule has 0 aliphatic rings. The molecule has 2 aromatic heterocycles. The Balaban J connectivity index is 0.000000220. The zero-order valence-electron chi connectivity index (χ0n) is 21.1. The van der Waals surface area contributed by atoms with Crippen LogP contribution < -0.4 is 38.3 Å². The largest absolute Gasteiger partial charge is 0.497 e. The van der Waals surface area contributed by atoms with Crippen molar-refractivity contribution in [3.8, 4) is 26.6 Å². The predicted octanol–water partition coefficient (Wildman–Crippen LogP) is 3.51. The lowest BCUT2D eigenvalue weighted by atomic mass is 10.1. The van der Waals surface area contributed by atoms with Crippen LogP contribution in [0.5, 0.6) is 5.75 Å². The van der Waals surface area contributed by atoms with Crippen LogP contribution in [-0.2, 0) is 6.61 Å². The summed E-state index contributed by atoms with van der Waals surface area (Å²) in [5.41, 5.74) is 23.6. The fraction of sp³-hybridized carbons (Fsp3) is 0.0769. The molecule has 4 rings (SSSR count). The first-order valence-corrected chi connectivity index (χ1v) is 13.0. The van der Waals surface area contributed by atoms with E-state index < -0.39 is 23.9 Å². The third kappa shape index (κ3) is 7.57. The fourth-order valence-corrected chi connectivity index (χ4v) is 5.55. The van der Waals surface area contributed by atoms with Crippen molar-refractivity contribution < 1.29 is 29.0 Å². The number of nitrogens with two attached hydrogens (primary N) is 4. The highest BCUT2D eigenvalue weighted by molar-refractivity contribution is 7.20. The molecule has 0 saturated heterocycles. The van der Waals surface area contributed by atoms with E-state index >= 15 is 0 Å². The van der Waals surface area contributed by atoms with Crippen LogP contribution in [-0.4, -0.2) is 36.1 Å². The first-order chi connectivity index (χ1) is 19.0. The Morgan fingerprint density at radius 3 is 1.68 bits per heavy atom. The second kappa shape index (κ2) is 13.2. The van der Waals surface area contributed by atoms with E-state index in [0.717, 1.165) is 32.2 Å². The van der Waals surface area contributed by atoms with Crippen LogP contribution in [0.25, 0.3) is 20.9 Å². The Morgan fingerprint density at radius 2 is 1.25 bits per heavy atom. The number of thiophene rings is 2. The molecular weight excluding hydrogens is 556 g/mol. The normalized spacial score (nSPS) is 10.2. The number of hydrogen-bond acceptors (Lipinski definition) is 8. The second-order valence-corrected chi connectivity index (χ2v) is 10.1. The van der Waals surface area contributed by atoms with E-state index in [4.69, 9.17) is 32.8 Å². The van der Waals surface area contributed by atoms with Crippen molar-refractivity contribution in [2.75, 3.05) is 17.7 Å². The van der Waals surface area contributed by atoms with Crippen LogP contribution in [0, 0.1) is 0 Å². The summed E-state index contributed by atoms with van der Waals surface area (Å²) in [6.45, 7) is -0.0751. The zero-order valence-corrected chi connectivity index (χ0v) is 22.7. The van der Waals surface area contributed by atoms with Gasteiger partial charge in [0, 0.05) is 9.75 Å². The van der Waals surface area contributed by atoms with Crippen LogP contribution in [0.3, 0.4) is 0 Å². The van der Waals surface area contributed by atoms with Crippen molar-refractivity contribution in [1.29, 1.82) is 0 Å². The minimum Gasteiger partial charge on any atom is -0.497 e. The van der Waals surface area contributed by atoms with E-state index in [0.29, 0.717) is 10.0 Å². The Morgan fingerprint density at radius 1 is 0.750 bits per heavy atom. The molecule has 0 aliphatic carbocycles. The number of methoxy groups -OCH3 is 1. The highest BCUT2D eigenvalue weighted by atomic mass is 32.1. The molecular formula is C26H26N6O6S2. The van der Waals surface area contributed by atoms with Crippen LogP contribution in [0.15, 0.2) is 60.7 Å². The van der Waals surface area contributed by atoms with Crippen molar-refractivity contribution in [2.24, 2.45) is 22.9 Å². The summed E-state index contributed by atoms with van der Waals surface area (Å²) in [4.78, 5) is 46.1. The molecule has 0 radical (unpaired) electrons. The zero-order chi connectivity index (χ0) is 29.4. The van der Waals surface area contributed by atoms with Crippen molar-refractivity contribution in [3.05, 3.63) is 77.4 Å². The maximum Gasteiger partial charge on any atom is 0.317 e. The number of aliphatic hydroxyl groups excluding tert-OH is 1. The van der Waals surface area contributed by atoms with Gasteiger partial charge < -0.3 is 32.8 Å². The molecule has 14 heteroatoms. The number of aliphatic hydroxyl groups is 1. The molecule has 0 fully saturated rings. The lowest BCUT2D eigenvalue weighted by Gasteiger charge is -2.01. The third-order valence-electron chi connectivity index (χ3n) is 5.24. The van der Waals surface area contributed by atoms with Gasteiger partial charge in [-0.05, 0) is 59.2 Å². The molecule has 6 amide bonds. The van der Waals surface area contributed by atoms with Gasteiger partial charge in [0.25, 0.3) is 11.8 Å². The van der Waals surface area contributed by atoms with E-state index in [1.54, 1.807) is 49.6 Å². The quantitative estimate of drug-likeness (QED) is 0.164. The smallest absolute Gasteiger partial charge is 0.317 e. The second-order valence-electron chi connectivity index (χ2n) is 8.00. The van der Waals surface area contributed by atoms with Gasteiger partial charge in [-0.2, -0.15) is 0 Å². The lowest BCUT2D eigenvalue weighted by Crippen LogP contribution is -2.21. The molecule has 2 aromatic carbocycles. The van der Waals surface area contributed by atoms with Gasteiger partial charge in [-0.15, -0.1) is 22.7 Å². The minimum absolute atomic E-state index is 0.0751. The summed E-state index contributed by atoms with van der Waals surface area (Å²) in [5.74, 6) is -0.532. The molecule has 0 unspecified atom stereocenters. The van der Waals surface area contributed by atoms with Crippen molar-refractivity contribution in [1.82, 2.24) is 0 Å². The van der Waals surface area contributed by atoms with E-state index in [2.05, 4.69) is 10.6 Å². The van der Waals surface area contributed by atoms with Gasteiger partial charge in [0.2, 0.25) is 0 Å². The van der Waals surface area contributed by atoms with Gasteiger partial charge in [-0.3, -0.25) is 20.2 Å². The van der Waals surface area contributed by atoms with Gasteiger partial charge in [-0.1, -0.05) is 18.2 Å². The number of rotatable bonds is 8. The van der Waals surface area contributed by atoms with Gasteiger partial charge in [0.05, 0.1) is 24.8 Å². The van der Waals surface area contributed by atoms with E-state index in [1.807, 2.05) is 18.2 Å². The predicted molar refractivity (Wildman–Crippen MR) is 155 cm³/mol. The molecule has 208 valence electrons. The third-order valence-corrected chi connectivity index (χ3v) is 7.44. The van der Waals surface area contributed by atoms with Gasteiger partial charge in [-0.25, -0.2) is 9.59 Å². The number of primary amides is 4. The number of nitrogens with one attached hydrogen (secondary N) is 2. The summed E-state index contributed by atoms with van der Waals surface area (Å²) in [6, 6.07) is 16.2. The van der Waals surface area contributed by atoms with Crippen LogP contribution in [0.2, 0.25) is 0 Å². The van der Waals surface area contributed by atoms with Crippen LogP contribution in [0.4, 0.5) is 19.6 Å². The highest BCUT2D eigenvalue weighted by Gasteiger charge is 2.17. The minimum atomic E-state index is -0.759. The molecule has 12 nitrogen and oxygen atoms in total. The maximum absolute atomic E-state index is 11.4.